The molecular formula is C12H18N2O3. The zero-order valence-electron chi connectivity index (χ0n) is 10.4. The Morgan fingerprint density at radius 2 is 2.24 bits per heavy atom. The third-order valence-electron chi connectivity index (χ3n) is 2.44. The molecule has 1 aromatic carbocycles. The molecule has 94 valence electrons. The molecule has 5 nitrogen and oxygen atoms in total. The number of ether oxygens (including phenoxy) is 1. The van der Waals surface area contributed by atoms with Crippen LogP contribution in [0.25, 0.3) is 0 Å². The Labute approximate surface area is 101 Å². The topological polar surface area (TPSA) is 64.4 Å². The van der Waals surface area contributed by atoms with Crippen molar-refractivity contribution in [2.75, 3.05) is 25.6 Å². The average Bonchev–Trinajstić information content (AvgIpc) is 2.27. The van der Waals surface area contributed by atoms with E-state index in [9.17, 15) is 10.1 Å². The van der Waals surface area contributed by atoms with Crippen LogP contribution in [0.3, 0.4) is 0 Å². The summed E-state index contributed by atoms with van der Waals surface area (Å²) in [6.45, 7) is 5.14. The molecule has 0 spiro atoms. The van der Waals surface area contributed by atoms with Crippen molar-refractivity contribution in [2.24, 2.45) is 5.92 Å². The van der Waals surface area contributed by atoms with E-state index in [2.05, 4.69) is 5.32 Å². The first-order valence-electron chi connectivity index (χ1n) is 5.52. The van der Waals surface area contributed by atoms with Crippen molar-refractivity contribution in [3.05, 3.63) is 33.9 Å². The fourth-order valence-corrected chi connectivity index (χ4v) is 1.57. The van der Waals surface area contributed by atoms with Crippen molar-refractivity contribution in [3.8, 4) is 0 Å². The Bertz CT molecular complexity index is 393. The van der Waals surface area contributed by atoms with Crippen molar-refractivity contribution >= 4 is 11.4 Å². The van der Waals surface area contributed by atoms with Crippen LogP contribution in [0.15, 0.2) is 18.2 Å². The molecule has 0 aliphatic carbocycles. The van der Waals surface area contributed by atoms with Gasteiger partial charge in [-0.05, 0) is 24.5 Å². The van der Waals surface area contributed by atoms with E-state index in [0.29, 0.717) is 24.8 Å². The number of methoxy groups -OCH3 is 1. The summed E-state index contributed by atoms with van der Waals surface area (Å²) >= 11 is 0. The second-order valence-electron chi connectivity index (χ2n) is 4.22. The highest BCUT2D eigenvalue weighted by Crippen LogP contribution is 2.25. The number of nitrogens with zero attached hydrogens (tertiary/aromatic N) is 1. The third-order valence-corrected chi connectivity index (χ3v) is 2.44. The van der Waals surface area contributed by atoms with Crippen molar-refractivity contribution in [1.82, 2.24) is 0 Å². The van der Waals surface area contributed by atoms with Crippen LogP contribution in [0.1, 0.15) is 12.5 Å². The van der Waals surface area contributed by atoms with E-state index < -0.39 is 0 Å². The zero-order chi connectivity index (χ0) is 12.8. The number of nitro benzene ring substituents is 1. The SMILES string of the molecule is COCC(C)CNc1ccc(C)cc1[N+](=O)[O-]. The Morgan fingerprint density at radius 3 is 2.82 bits per heavy atom. The van der Waals surface area contributed by atoms with Gasteiger partial charge in [0.2, 0.25) is 0 Å². The number of hydrogen-bond acceptors (Lipinski definition) is 4. The largest absolute Gasteiger partial charge is 0.384 e. The Morgan fingerprint density at radius 1 is 1.53 bits per heavy atom. The highest BCUT2D eigenvalue weighted by molar-refractivity contribution is 5.62. The van der Waals surface area contributed by atoms with Crippen LogP contribution in [-0.4, -0.2) is 25.2 Å². The lowest BCUT2D eigenvalue weighted by Crippen LogP contribution is -2.16. The zero-order valence-corrected chi connectivity index (χ0v) is 10.4. The molecule has 0 saturated heterocycles. The first kappa shape index (κ1) is 13.4. The van der Waals surface area contributed by atoms with E-state index >= 15 is 0 Å². The summed E-state index contributed by atoms with van der Waals surface area (Å²) in [5, 5.41) is 14.0. The fraction of sp³-hybridized carbons (Fsp3) is 0.500. The molecule has 0 bridgehead atoms. The third kappa shape index (κ3) is 4.03. The molecule has 0 amide bonds. The number of rotatable bonds is 6. The second kappa shape index (κ2) is 6.20. The summed E-state index contributed by atoms with van der Waals surface area (Å²) in [6, 6.07) is 5.17. The van der Waals surface area contributed by atoms with Gasteiger partial charge >= 0.3 is 0 Å². The number of aryl methyl sites for hydroxylation is 1. The number of hydrogen-bond donors (Lipinski definition) is 1. The molecule has 0 heterocycles. The predicted octanol–water partition coefficient (Wildman–Crippen LogP) is 2.60. The summed E-state index contributed by atoms with van der Waals surface area (Å²) < 4.78 is 5.01. The quantitative estimate of drug-likeness (QED) is 0.611. The smallest absolute Gasteiger partial charge is 0.292 e. The highest BCUT2D eigenvalue weighted by Gasteiger charge is 2.13. The molecule has 5 heteroatoms. The van der Waals surface area contributed by atoms with Crippen LogP contribution in [0.5, 0.6) is 0 Å². The molecule has 0 radical (unpaired) electrons. The molecule has 0 saturated carbocycles. The lowest BCUT2D eigenvalue weighted by Gasteiger charge is -2.12. The standard InChI is InChI=1S/C12H18N2O3/c1-9-4-5-11(12(6-9)14(15)16)13-7-10(2)8-17-3/h4-6,10,13H,7-8H2,1-3H3. The molecule has 1 aromatic rings. The van der Waals surface area contributed by atoms with Gasteiger partial charge in [0.25, 0.3) is 5.69 Å². The Hall–Kier alpha value is -1.62. The monoisotopic (exact) mass is 238 g/mol. The maximum Gasteiger partial charge on any atom is 0.292 e. The minimum Gasteiger partial charge on any atom is -0.384 e. The molecule has 1 N–H and O–H groups in total. The first-order valence-corrected chi connectivity index (χ1v) is 5.52. The molecule has 0 aliphatic heterocycles. The summed E-state index contributed by atoms with van der Waals surface area (Å²) in [5.41, 5.74) is 1.56. The van der Waals surface area contributed by atoms with Crippen LogP contribution in [0.4, 0.5) is 11.4 Å². The van der Waals surface area contributed by atoms with Gasteiger partial charge in [-0.2, -0.15) is 0 Å². The van der Waals surface area contributed by atoms with Gasteiger partial charge in [0, 0.05) is 19.7 Å². The van der Waals surface area contributed by atoms with Gasteiger partial charge in [0.05, 0.1) is 11.5 Å². The van der Waals surface area contributed by atoms with E-state index in [1.807, 2.05) is 19.9 Å². The van der Waals surface area contributed by atoms with Crippen molar-refractivity contribution < 1.29 is 9.66 Å². The van der Waals surface area contributed by atoms with E-state index in [1.165, 1.54) is 0 Å². The van der Waals surface area contributed by atoms with Gasteiger partial charge in [0.1, 0.15) is 5.69 Å². The predicted molar refractivity (Wildman–Crippen MR) is 67.4 cm³/mol. The molecular weight excluding hydrogens is 220 g/mol. The van der Waals surface area contributed by atoms with Gasteiger partial charge in [-0.1, -0.05) is 13.0 Å². The van der Waals surface area contributed by atoms with Crippen molar-refractivity contribution in [1.29, 1.82) is 0 Å². The molecule has 0 aromatic heterocycles. The summed E-state index contributed by atoms with van der Waals surface area (Å²) in [7, 11) is 1.64. The average molecular weight is 238 g/mol. The number of nitro groups is 1. The molecule has 1 unspecified atom stereocenters. The highest BCUT2D eigenvalue weighted by atomic mass is 16.6. The number of anilines is 1. The van der Waals surface area contributed by atoms with Crippen LogP contribution in [0, 0.1) is 23.0 Å². The van der Waals surface area contributed by atoms with Crippen molar-refractivity contribution in [3.63, 3.8) is 0 Å². The Kier molecular flexibility index (Phi) is 4.90. The van der Waals surface area contributed by atoms with E-state index in [-0.39, 0.29) is 10.6 Å². The normalized spacial score (nSPS) is 12.2. The second-order valence-corrected chi connectivity index (χ2v) is 4.22. The first-order chi connectivity index (χ1) is 8.04. The van der Waals surface area contributed by atoms with E-state index in [0.717, 1.165) is 5.56 Å². The number of nitrogens with one attached hydrogen (secondary N) is 1. The minimum absolute atomic E-state index is 0.120. The van der Waals surface area contributed by atoms with Crippen LogP contribution in [0.2, 0.25) is 0 Å². The summed E-state index contributed by atoms with van der Waals surface area (Å²) in [4.78, 5) is 10.5. The molecule has 17 heavy (non-hydrogen) atoms. The van der Waals surface area contributed by atoms with E-state index in [4.69, 9.17) is 4.74 Å². The Balaban J connectivity index is 2.73. The van der Waals surface area contributed by atoms with E-state index in [1.54, 1.807) is 19.2 Å². The maximum absolute atomic E-state index is 10.9. The fourth-order valence-electron chi connectivity index (χ4n) is 1.57. The van der Waals surface area contributed by atoms with Gasteiger partial charge in [-0.25, -0.2) is 0 Å². The minimum atomic E-state index is -0.365. The van der Waals surface area contributed by atoms with Crippen molar-refractivity contribution in [2.45, 2.75) is 13.8 Å². The van der Waals surface area contributed by atoms with Gasteiger partial charge in [-0.3, -0.25) is 10.1 Å². The summed E-state index contributed by atoms with van der Waals surface area (Å²) in [6.07, 6.45) is 0. The van der Waals surface area contributed by atoms with Crippen LogP contribution >= 0.6 is 0 Å². The van der Waals surface area contributed by atoms with Crippen LogP contribution < -0.4 is 5.32 Å². The lowest BCUT2D eigenvalue weighted by atomic mass is 10.1. The van der Waals surface area contributed by atoms with Gasteiger partial charge in [0.15, 0.2) is 0 Å². The molecule has 0 fully saturated rings. The molecule has 1 rings (SSSR count). The molecule has 0 aliphatic rings. The van der Waals surface area contributed by atoms with Gasteiger partial charge < -0.3 is 10.1 Å². The van der Waals surface area contributed by atoms with Crippen LogP contribution in [-0.2, 0) is 4.74 Å². The maximum atomic E-state index is 10.9. The van der Waals surface area contributed by atoms with Gasteiger partial charge in [-0.15, -0.1) is 0 Å². The molecule has 1 atom stereocenters. The number of benzene rings is 1. The summed E-state index contributed by atoms with van der Waals surface area (Å²) in [5.74, 6) is 0.306. The lowest BCUT2D eigenvalue weighted by molar-refractivity contribution is -0.384.